The minimum Gasteiger partial charge on any atom is -0.389 e. The van der Waals surface area contributed by atoms with Gasteiger partial charge in [-0.3, -0.25) is 4.79 Å². The number of anilines is 1. The number of halogens is 1. The maximum Gasteiger partial charge on any atom is 0.227 e. The highest BCUT2D eigenvalue weighted by atomic mass is 35.5. The predicted molar refractivity (Wildman–Crippen MR) is 77.5 cm³/mol. The first-order valence-electron chi connectivity index (χ1n) is 6.77. The van der Waals surface area contributed by atoms with Crippen LogP contribution in [-0.4, -0.2) is 16.6 Å². The molecule has 1 aliphatic carbocycles. The van der Waals surface area contributed by atoms with E-state index in [-0.39, 0.29) is 12.3 Å². The van der Waals surface area contributed by atoms with Crippen molar-refractivity contribution in [3.8, 4) is 0 Å². The zero-order valence-corrected chi connectivity index (χ0v) is 12.0. The fourth-order valence-corrected chi connectivity index (χ4v) is 2.87. The number of carbonyl (C=O) groups is 1. The second-order valence-electron chi connectivity index (χ2n) is 5.47. The van der Waals surface area contributed by atoms with E-state index in [0.29, 0.717) is 5.02 Å². The summed E-state index contributed by atoms with van der Waals surface area (Å²) in [4.78, 5) is 12.0. The summed E-state index contributed by atoms with van der Waals surface area (Å²) in [5, 5.41) is 13.9. The van der Waals surface area contributed by atoms with Crippen molar-refractivity contribution in [2.75, 3.05) is 5.32 Å². The van der Waals surface area contributed by atoms with Gasteiger partial charge < -0.3 is 10.4 Å². The van der Waals surface area contributed by atoms with E-state index in [4.69, 9.17) is 11.6 Å². The summed E-state index contributed by atoms with van der Waals surface area (Å²) in [5.74, 6) is -0.130. The lowest BCUT2D eigenvalue weighted by Gasteiger charge is -2.31. The van der Waals surface area contributed by atoms with E-state index < -0.39 is 5.60 Å². The first kappa shape index (κ1) is 14.4. The van der Waals surface area contributed by atoms with Crippen LogP contribution in [-0.2, 0) is 4.79 Å². The van der Waals surface area contributed by atoms with Crippen LogP contribution in [0.25, 0.3) is 0 Å². The van der Waals surface area contributed by atoms with Crippen molar-refractivity contribution < 1.29 is 9.90 Å². The predicted octanol–water partition coefficient (Wildman–Crippen LogP) is 3.67. The first-order valence-corrected chi connectivity index (χ1v) is 7.15. The van der Waals surface area contributed by atoms with Gasteiger partial charge in [-0.2, -0.15) is 0 Å². The van der Waals surface area contributed by atoms with Gasteiger partial charge in [0.05, 0.1) is 12.0 Å². The van der Waals surface area contributed by atoms with E-state index in [1.807, 2.05) is 13.0 Å². The smallest absolute Gasteiger partial charge is 0.227 e. The minimum atomic E-state index is -0.817. The van der Waals surface area contributed by atoms with Gasteiger partial charge in [-0.15, -0.1) is 0 Å². The van der Waals surface area contributed by atoms with E-state index in [2.05, 4.69) is 5.32 Å². The molecule has 0 radical (unpaired) electrons. The van der Waals surface area contributed by atoms with E-state index in [1.165, 1.54) is 0 Å². The molecule has 1 saturated carbocycles. The van der Waals surface area contributed by atoms with Crippen molar-refractivity contribution in [1.29, 1.82) is 0 Å². The lowest BCUT2D eigenvalue weighted by molar-refractivity contribution is -0.122. The zero-order chi connectivity index (χ0) is 13.9. The summed E-state index contributed by atoms with van der Waals surface area (Å²) in [5.41, 5.74) is 0.869. The Kier molecular flexibility index (Phi) is 4.48. The third kappa shape index (κ3) is 3.95. The molecule has 0 aliphatic heterocycles. The summed E-state index contributed by atoms with van der Waals surface area (Å²) in [6.45, 7) is 1.90. The van der Waals surface area contributed by atoms with Crippen LogP contribution in [0.15, 0.2) is 18.2 Å². The molecule has 0 unspecified atom stereocenters. The van der Waals surface area contributed by atoms with Gasteiger partial charge in [0.1, 0.15) is 0 Å². The number of carbonyl (C=O) groups excluding carboxylic acids is 1. The van der Waals surface area contributed by atoms with Gasteiger partial charge in [0.2, 0.25) is 5.91 Å². The quantitative estimate of drug-likeness (QED) is 0.888. The van der Waals surface area contributed by atoms with Crippen molar-refractivity contribution in [1.82, 2.24) is 0 Å². The van der Waals surface area contributed by atoms with Crippen molar-refractivity contribution in [3.05, 3.63) is 28.8 Å². The largest absolute Gasteiger partial charge is 0.389 e. The Balaban J connectivity index is 1.97. The Hall–Kier alpha value is -1.06. The Bertz CT molecular complexity index is 467. The molecular weight excluding hydrogens is 262 g/mol. The molecule has 1 amide bonds. The molecule has 104 valence electrons. The van der Waals surface area contributed by atoms with Crippen molar-refractivity contribution in [2.45, 2.75) is 51.0 Å². The molecule has 0 heterocycles. The van der Waals surface area contributed by atoms with Gasteiger partial charge in [0.25, 0.3) is 0 Å². The topological polar surface area (TPSA) is 49.3 Å². The van der Waals surface area contributed by atoms with Crippen molar-refractivity contribution >= 4 is 23.2 Å². The highest BCUT2D eigenvalue weighted by Gasteiger charge is 2.31. The Morgan fingerprint density at radius 2 is 2.05 bits per heavy atom. The maximum atomic E-state index is 12.0. The van der Waals surface area contributed by atoms with E-state index >= 15 is 0 Å². The minimum absolute atomic E-state index is 0.130. The number of nitrogens with one attached hydrogen (secondary N) is 1. The number of aryl methyl sites for hydroxylation is 1. The Labute approximate surface area is 119 Å². The molecule has 1 aliphatic rings. The summed E-state index contributed by atoms with van der Waals surface area (Å²) in [7, 11) is 0. The molecular formula is C15H20ClNO2. The first-order chi connectivity index (χ1) is 8.98. The zero-order valence-electron chi connectivity index (χ0n) is 11.2. The monoisotopic (exact) mass is 281 g/mol. The summed E-state index contributed by atoms with van der Waals surface area (Å²) in [6, 6.07) is 5.35. The van der Waals surface area contributed by atoms with Crippen LogP contribution in [0.2, 0.25) is 5.02 Å². The Morgan fingerprint density at radius 3 is 2.68 bits per heavy atom. The molecule has 0 aromatic heterocycles. The SMILES string of the molecule is Cc1cc(Cl)ccc1NC(=O)CC1(O)CCCCC1. The van der Waals surface area contributed by atoms with Crippen molar-refractivity contribution in [2.24, 2.45) is 0 Å². The van der Waals surface area contributed by atoms with Gasteiger partial charge in [0.15, 0.2) is 0 Å². The van der Waals surface area contributed by atoms with E-state index in [9.17, 15) is 9.90 Å². The molecule has 1 aromatic rings. The molecule has 19 heavy (non-hydrogen) atoms. The van der Waals surface area contributed by atoms with E-state index in [0.717, 1.165) is 43.4 Å². The van der Waals surface area contributed by atoms with Crippen LogP contribution in [0.1, 0.15) is 44.1 Å². The number of benzene rings is 1. The number of hydrogen-bond acceptors (Lipinski definition) is 2. The number of hydrogen-bond donors (Lipinski definition) is 2. The molecule has 3 nitrogen and oxygen atoms in total. The van der Waals surface area contributed by atoms with Gasteiger partial charge in [-0.25, -0.2) is 0 Å². The van der Waals surface area contributed by atoms with Crippen LogP contribution in [0, 0.1) is 6.92 Å². The number of aliphatic hydroxyl groups is 1. The normalized spacial score (nSPS) is 18.1. The van der Waals surface area contributed by atoms with Gasteiger partial charge in [-0.05, 0) is 43.5 Å². The van der Waals surface area contributed by atoms with Crippen LogP contribution in [0.4, 0.5) is 5.69 Å². The van der Waals surface area contributed by atoms with Crippen molar-refractivity contribution in [3.63, 3.8) is 0 Å². The van der Waals surface area contributed by atoms with E-state index in [1.54, 1.807) is 12.1 Å². The van der Waals surface area contributed by atoms with Crippen LogP contribution in [0.3, 0.4) is 0 Å². The third-order valence-electron chi connectivity index (χ3n) is 3.74. The van der Waals surface area contributed by atoms with Gasteiger partial charge in [-0.1, -0.05) is 30.9 Å². The highest BCUT2D eigenvalue weighted by molar-refractivity contribution is 6.30. The molecule has 1 aromatic carbocycles. The fraction of sp³-hybridized carbons (Fsp3) is 0.533. The molecule has 0 bridgehead atoms. The second kappa shape index (κ2) is 5.93. The number of rotatable bonds is 3. The lowest BCUT2D eigenvalue weighted by Crippen LogP contribution is -2.36. The lowest BCUT2D eigenvalue weighted by atomic mass is 9.82. The average Bonchev–Trinajstić information content (AvgIpc) is 2.33. The van der Waals surface area contributed by atoms with Gasteiger partial charge in [0, 0.05) is 10.7 Å². The molecule has 2 N–H and O–H groups in total. The van der Waals surface area contributed by atoms with Gasteiger partial charge >= 0.3 is 0 Å². The summed E-state index contributed by atoms with van der Waals surface area (Å²) < 4.78 is 0. The number of amides is 1. The third-order valence-corrected chi connectivity index (χ3v) is 3.97. The molecule has 0 atom stereocenters. The van der Waals surface area contributed by atoms with Crippen LogP contribution >= 0.6 is 11.6 Å². The summed E-state index contributed by atoms with van der Waals surface area (Å²) in [6.07, 6.45) is 4.78. The molecule has 0 saturated heterocycles. The maximum absolute atomic E-state index is 12.0. The highest BCUT2D eigenvalue weighted by Crippen LogP contribution is 2.31. The van der Waals surface area contributed by atoms with Crippen LogP contribution in [0.5, 0.6) is 0 Å². The second-order valence-corrected chi connectivity index (χ2v) is 5.91. The average molecular weight is 282 g/mol. The molecule has 4 heteroatoms. The fourth-order valence-electron chi connectivity index (χ4n) is 2.65. The molecule has 2 rings (SSSR count). The Morgan fingerprint density at radius 1 is 1.37 bits per heavy atom. The molecule has 0 spiro atoms. The molecule has 1 fully saturated rings. The standard InChI is InChI=1S/C15H20ClNO2/c1-11-9-12(16)5-6-13(11)17-14(18)10-15(19)7-3-2-4-8-15/h5-6,9,19H,2-4,7-8,10H2,1H3,(H,17,18). The van der Waals surface area contributed by atoms with Crippen LogP contribution < -0.4 is 5.32 Å². The summed E-state index contributed by atoms with van der Waals surface area (Å²) >= 11 is 5.88.